The standard InChI is InChI=1S/C19H17NO4/c1-22-19(21)15-8-12-4-2-3-5-14(12)10-20-18(15)13-6-7-16-17(9-13)24-11-23-16/h2-9,18,20H,10-11H2,1H3. The van der Waals surface area contributed by atoms with E-state index >= 15 is 0 Å². The number of nitrogens with one attached hydrogen (secondary N) is 1. The van der Waals surface area contributed by atoms with Gasteiger partial charge in [0.05, 0.1) is 18.7 Å². The van der Waals surface area contributed by atoms with Crippen molar-refractivity contribution in [1.82, 2.24) is 5.32 Å². The van der Waals surface area contributed by atoms with Crippen LogP contribution in [0, 0.1) is 0 Å². The summed E-state index contributed by atoms with van der Waals surface area (Å²) in [5, 5.41) is 3.45. The normalized spacial score (nSPS) is 18.4. The highest BCUT2D eigenvalue weighted by Crippen LogP contribution is 2.37. The predicted octanol–water partition coefficient (Wildman–Crippen LogP) is 2.82. The zero-order valence-corrected chi connectivity index (χ0v) is 13.2. The van der Waals surface area contributed by atoms with Gasteiger partial charge in [0.2, 0.25) is 6.79 Å². The van der Waals surface area contributed by atoms with Gasteiger partial charge in [0.25, 0.3) is 0 Å². The summed E-state index contributed by atoms with van der Waals surface area (Å²) in [4.78, 5) is 12.4. The molecule has 0 saturated carbocycles. The second-order valence-electron chi connectivity index (χ2n) is 5.72. The van der Waals surface area contributed by atoms with Crippen molar-refractivity contribution in [3.05, 3.63) is 64.7 Å². The minimum atomic E-state index is -0.345. The summed E-state index contributed by atoms with van der Waals surface area (Å²) in [6, 6.07) is 13.5. The zero-order chi connectivity index (χ0) is 16.5. The highest BCUT2D eigenvalue weighted by atomic mass is 16.7. The number of methoxy groups -OCH3 is 1. The summed E-state index contributed by atoms with van der Waals surface area (Å²) in [5.74, 6) is 1.07. The minimum absolute atomic E-state index is 0.224. The number of hydrogen-bond donors (Lipinski definition) is 1. The Morgan fingerprint density at radius 2 is 2.00 bits per heavy atom. The van der Waals surface area contributed by atoms with Gasteiger partial charge < -0.3 is 19.5 Å². The van der Waals surface area contributed by atoms with E-state index in [4.69, 9.17) is 14.2 Å². The van der Waals surface area contributed by atoms with Crippen LogP contribution in [0.4, 0.5) is 0 Å². The highest BCUT2D eigenvalue weighted by molar-refractivity contribution is 5.95. The van der Waals surface area contributed by atoms with Crippen molar-refractivity contribution in [3.63, 3.8) is 0 Å². The molecule has 0 bridgehead atoms. The lowest BCUT2D eigenvalue weighted by Gasteiger charge is -2.19. The Kier molecular flexibility index (Phi) is 3.70. The van der Waals surface area contributed by atoms with Gasteiger partial charge in [0, 0.05) is 6.54 Å². The Balaban J connectivity index is 1.78. The maximum Gasteiger partial charge on any atom is 0.335 e. The van der Waals surface area contributed by atoms with Crippen molar-refractivity contribution in [3.8, 4) is 11.5 Å². The molecule has 0 saturated heterocycles. The van der Waals surface area contributed by atoms with Gasteiger partial charge in [-0.3, -0.25) is 0 Å². The molecule has 0 radical (unpaired) electrons. The van der Waals surface area contributed by atoms with E-state index in [1.807, 2.05) is 42.5 Å². The largest absolute Gasteiger partial charge is 0.466 e. The Morgan fingerprint density at radius 1 is 1.17 bits per heavy atom. The van der Waals surface area contributed by atoms with E-state index < -0.39 is 0 Å². The van der Waals surface area contributed by atoms with Crippen LogP contribution < -0.4 is 14.8 Å². The van der Waals surface area contributed by atoms with Crippen molar-refractivity contribution in [2.75, 3.05) is 13.9 Å². The first-order valence-corrected chi connectivity index (χ1v) is 7.77. The van der Waals surface area contributed by atoms with E-state index in [1.54, 1.807) is 0 Å². The van der Waals surface area contributed by atoms with Crippen molar-refractivity contribution < 1.29 is 19.0 Å². The molecule has 1 N–H and O–H groups in total. The third-order valence-electron chi connectivity index (χ3n) is 4.32. The second-order valence-corrected chi connectivity index (χ2v) is 5.72. The summed E-state index contributed by atoms with van der Waals surface area (Å²) in [6.45, 7) is 0.883. The third kappa shape index (κ3) is 2.53. The molecule has 5 nitrogen and oxygen atoms in total. The van der Waals surface area contributed by atoms with Gasteiger partial charge in [-0.1, -0.05) is 30.3 Å². The molecule has 0 amide bonds. The number of benzene rings is 2. The maximum atomic E-state index is 12.4. The average molecular weight is 323 g/mol. The summed E-state index contributed by atoms with van der Waals surface area (Å²) in [5.41, 5.74) is 3.67. The van der Waals surface area contributed by atoms with Gasteiger partial charge in [-0.05, 0) is 34.9 Å². The fourth-order valence-corrected chi connectivity index (χ4v) is 3.09. The number of hydrogen-bond acceptors (Lipinski definition) is 5. The van der Waals surface area contributed by atoms with E-state index in [-0.39, 0.29) is 18.8 Å². The summed E-state index contributed by atoms with van der Waals surface area (Å²) >= 11 is 0. The molecule has 122 valence electrons. The fraction of sp³-hybridized carbons (Fsp3) is 0.211. The summed E-state index contributed by atoms with van der Waals surface area (Å²) in [7, 11) is 1.40. The number of esters is 1. The topological polar surface area (TPSA) is 56.8 Å². The highest BCUT2D eigenvalue weighted by Gasteiger charge is 2.27. The molecular formula is C19H17NO4. The van der Waals surface area contributed by atoms with Crippen LogP contribution in [0.2, 0.25) is 0 Å². The van der Waals surface area contributed by atoms with Gasteiger partial charge in [0.1, 0.15) is 0 Å². The quantitative estimate of drug-likeness (QED) is 0.861. The molecule has 1 atom stereocenters. The Morgan fingerprint density at radius 3 is 2.88 bits per heavy atom. The molecule has 1 unspecified atom stereocenters. The first-order valence-electron chi connectivity index (χ1n) is 7.77. The van der Waals surface area contributed by atoms with E-state index in [0.29, 0.717) is 17.9 Å². The molecule has 5 heteroatoms. The lowest BCUT2D eigenvalue weighted by Crippen LogP contribution is -2.25. The first-order chi connectivity index (χ1) is 11.8. The number of carbonyl (C=O) groups excluding carboxylic acids is 1. The van der Waals surface area contributed by atoms with Crippen LogP contribution in [0.3, 0.4) is 0 Å². The lowest BCUT2D eigenvalue weighted by molar-refractivity contribution is -0.136. The fourth-order valence-electron chi connectivity index (χ4n) is 3.09. The zero-order valence-electron chi connectivity index (χ0n) is 13.2. The summed E-state index contributed by atoms with van der Waals surface area (Å²) in [6.07, 6.45) is 1.90. The summed E-state index contributed by atoms with van der Waals surface area (Å²) < 4.78 is 15.8. The number of rotatable bonds is 2. The van der Waals surface area contributed by atoms with Crippen LogP contribution in [0.5, 0.6) is 11.5 Å². The average Bonchev–Trinajstić information content (AvgIpc) is 3.00. The number of ether oxygens (including phenoxy) is 3. The van der Waals surface area contributed by atoms with Crippen LogP contribution in [0.1, 0.15) is 22.7 Å². The van der Waals surface area contributed by atoms with E-state index in [9.17, 15) is 4.79 Å². The van der Waals surface area contributed by atoms with Crippen molar-refractivity contribution in [1.29, 1.82) is 0 Å². The molecule has 0 aromatic heterocycles. The van der Waals surface area contributed by atoms with Gasteiger partial charge in [-0.15, -0.1) is 0 Å². The molecule has 0 fully saturated rings. The molecular weight excluding hydrogens is 306 g/mol. The lowest BCUT2D eigenvalue weighted by atomic mass is 9.97. The molecule has 2 aliphatic heterocycles. The first kappa shape index (κ1) is 14.8. The molecule has 0 aliphatic carbocycles. The van der Waals surface area contributed by atoms with Gasteiger partial charge >= 0.3 is 5.97 Å². The van der Waals surface area contributed by atoms with Gasteiger partial charge in [0.15, 0.2) is 11.5 Å². The van der Waals surface area contributed by atoms with Crippen molar-refractivity contribution >= 4 is 12.0 Å². The Bertz CT molecular complexity index is 828. The maximum absolute atomic E-state index is 12.4. The predicted molar refractivity (Wildman–Crippen MR) is 88.6 cm³/mol. The monoisotopic (exact) mass is 323 g/mol. The molecule has 4 rings (SSSR count). The second kappa shape index (κ2) is 6.02. The Labute approximate surface area is 139 Å². The van der Waals surface area contributed by atoms with Crippen LogP contribution in [0.15, 0.2) is 48.0 Å². The number of carbonyl (C=O) groups is 1. The van der Waals surface area contributed by atoms with Crippen LogP contribution in [0.25, 0.3) is 6.08 Å². The van der Waals surface area contributed by atoms with E-state index in [1.165, 1.54) is 7.11 Å². The number of fused-ring (bicyclic) bond motifs is 2. The molecule has 0 spiro atoms. The SMILES string of the molecule is COC(=O)C1=Cc2ccccc2CNC1c1ccc2c(c1)OCO2. The molecule has 24 heavy (non-hydrogen) atoms. The van der Waals surface area contributed by atoms with Crippen molar-refractivity contribution in [2.45, 2.75) is 12.6 Å². The van der Waals surface area contributed by atoms with Crippen LogP contribution in [-0.4, -0.2) is 19.9 Å². The van der Waals surface area contributed by atoms with Crippen molar-refractivity contribution in [2.24, 2.45) is 0 Å². The molecule has 2 aromatic carbocycles. The van der Waals surface area contributed by atoms with Gasteiger partial charge in [-0.25, -0.2) is 4.79 Å². The van der Waals surface area contributed by atoms with Crippen LogP contribution >= 0.6 is 0 Å². The molecule has 2 aromatic rings. The molecule has 2 heterocycles. The van der Waals surface area contributed by atoms with E-state index in [0.717, 1.165) is 22.4 Å². The van der Waals surface area contributed by atoms with Crippen LogP contribution in [-0.2, 0) is 16.1 Å². The minimum Gasteiger partial charge on any atom is -0.466 e. The molecule has 2 aliphatic rings. The van der Waals surface area contributed by atoms with E-state index in [2.05, 4.69) is 11.4 Å². The third-order valence-corrected chi connectivity index (χ3v) is 4.32. The Hall–Kier alpha value is -2.79. The smallest absolute Gasteiger partial charge is 0.335 e. The van der Waals surface area contributed by atoms with Gasteiger partial charge in [-0.2, -0.15) is 0 Å².